The molecule has 5 nitrogen and oxygen atoms in total. The lowest BCUT2D eigenvalue weighted by molar-refractivity contribution is -0.125. The van der Waals surface area contributed by atoms with Crippen LogP contribution in [0.2, 0.25) is 0 Å². The lowest BCUT2D eigenvalue weighted by Gasteiger charge is -2.27. The maximum absolute atomic E-state index is 12.5. The van der Waals surface area contributed by atoms with Crippen molar-refractivity contribution in [1.29, 1.82) is 0 Å². The lowest BCUT2D eigenvalue weighted by Crippen LogP contribution is -2.41. The van der Waals surface area contributed by atoms with Crippen LogP contribution in [0.5, 0.6) is 5.75 Å². The van der Waals surface area contributed by atoms with E-state index in [2.05, 4.69) is 10.3 Å². The number of nitrogens with one attached hydrogen (secondary N) is 1. The van der Waals surface area contributed by atoms with Crippen molar-refractivity contribution in [2.75, 3.05) is 19.0 Å². The van der Waals surface area contributed by atoms with Crippen molar-refractivity contribution >= 4 is 45.0 Å². The highest BCUT2D eigenvalue weighted by atomic mass is 35.5. The number of ether oxygens (including phenoxy) is 1. The molecule has 0 bridgehead atoms. The van der Waals surface area contributed by atoms with Crippen LogP contribution in [0.1, 0.15) is 26.7 Å². The summed E-state index contributed by atoms with van der Waals surface area (Å²) in [5, 5.41) is 3.49. The van der Waals surface area contributed by atoms with E-state index in [4.69, 9.17) is 10.5 Å². The number of benzene rings is 1. The number of nitrogens with zero attached hydrogens (tertiary/aromatic N) is 1. The van der Waals surface area contributed by atoms with Gasteiger partial charge in [0.2, 0.25) is 5.91 Å². The van der Waals surface area contributed by atoms with E-state index in [1.54, 1.807) is 7.11 Å². The summed E-state index contributed by atoms with van der Waals surface area (Å²) in [5.41, 5.74) is 6.05. The number of hydrogen-bond acceptors (Lipinski definition) is 5. The first kappa shape index (κ1) is 18.7. The van der Waals surface area contributed by atoms with Crippen LogP contribution in [0.15, 0.2) is 18.2 Å². The van der Waals surface area contributed by atoms with Crippen molar-refractivity contribution < 1.29 is 9.53 Å². The van der Waals surface area contributed by atoms with Gasteiger partial charge in [0.25, 0.3) is 0 Å². The van der Waals surface area contributed by atoms with Gasteiger partial charge >= 0.3 is 0 Å². The molecule has 0 atom stereocenters. The van der Waals surface area contributed by atoms with Gasteiger partial charge in [0.05, 0.1) is 17.2 Å². The Balaban J connectivity index is 0.00000242. The van der Waals surface area contributed by atoms with E-state index in [0.29, 0.717) is 30.3 Å². The van der Waals surface area contributed by atoms with Gasteiger partial charge in [-0.1, -0.05) is 31.3 Å². The number of carbonyl (C=O) groups is 1. The zero-order valence-electron chi connectivity index (χ0n) is 13.0. The number of amides is 1. The third kappa shape index (κ3) is 3.34. The first-order valence-electron chi connectivity index (χ1n) is 7.05. The Labute approximate surface area is 140 Å². The van der Waals surface area contributed by atoms with Gasteiger partial charge in [-0.3, -0.25) is 4.79 Å². The predicted octanol–water partition coefficient (Wildman–Crippen LogP) is 3.43. The van der Waals surface area contributed by atoms with Crippen molar-refractivity contribution in [3.05, 3.63) is 18.2 Å². The Morgan fingerprint density at radius 3 is 2.64 bits per heavy atom. The van der Waals surface area contributed by atoms with Crippen LogP contribution in [-0.4, -0.2) is 24.5 Å². The smallest absolute Gasteiger partial charge is 0.233 e. The van der Waals surface area contributed by atoms with Crippen LogP contribution in [0, 0.1) is 5.41 Å². The first-order valence-corrected chi connectivity index (χ1v) is 7.87. The van der Waals surface area contributed by atoms with E-state index in [1.165, 1.54) is 11.3 Å². The van der Waals surface area contributed by atoms with Crippen LogP contribution in [0.4, 0.5) is 5.13 Å². The molecule has 0 saturated heterocycles. The number of hydrogen-bond donors (Lipinski definition) is 2. The molecule has 1 aromatic heterocycles. The van der Waals surface area contributed by atoms with E-state index >= 15 is 0 Å². The molecule has 22 heavy (non-hydrogen) atoms. The van der Waals surface area contributed by atoms with Gasteiger partial charge in [-0.2, -0.15) is 0 Å². The Bertz CT molecular complexity index is 632. The molecule has 1 heterocycles. The molecular formula is C15H22ClN3O2S. The van der Waals surface area contributed by atoms with Gasteiger partial charge in [0.1, 0.15) is 11.3 Å². The molecule has 2 rings (SSSR count). The van der Waals surface area contributed by atoms with E-state index in [9.17, 15) is 4.79 Å². The zero-order chi connectivity index (χ0) is 15.5. The van der Waals surface area contributed by atoms with Crippen molar-refractivity contribution in [1.82, 2.24) is 4.98 Å². The standard InChI is InChI=1S/C15H21N3O2S.ClH/c1-4-15(5-2,9-16)13(19)18-14-17-12-10(20-3)7-6-8-11(12)21-14;/h6-8H,4-5,9,16H2,1-3H3,(H,17,18,19);1H. The first-order chi connectivity index (χ1) is 10.1. The fourth-order valence-corrected chi connectivity index (χ4v) is 3.20. The number of rotatable bonds is 6. The minimum Gasteiger partial charge on any atom is -0.494 e. The van der Waals surface area contributed by atoms with Crippen LogP contribution in [0.25, 0.3) is 10.2 Å². The molecule has 0 fully saturated rings. The number of thiazole rings is 1. The SMILES string of the molecule is CCC(CC)(CN)C(=O)Nc1nc2c(OC)cccc2s1.Cl. The Morgan fingerprint density at radius 1 is 1.41 bits per heavy atom. The number of anilines is 1. The van der Waals surface area contributed by atoms with Crippen molar-refractivity contribution in [3.8, 4) is 5.75 Å². The summed E-state index contributed by atoms with van der Waals surface area (Å²) in [6.45, 7) is 4.30. The monoisotopic (exact) mass is 343 g/mol. The third-order valence-electron chi connectivity index (χ3n) is 4.05. The summed E-state index contributed by atoms with van der Waals surface area (Å²) in [7, 11) is 1.61. The second kappa shape index (κ2) is 7.76. The summed E-state index contributed by atoms with van der Waals surface area (Å²) in [5.74, 6) is 0.647. The number of fused-ring (bicyclic) bond motifs is 1. The second-order valence-electron chi connectivity index (χ2n) is 4.97. The minimum absolute atomic E-state index is 0. The third-order valence-corrected chi connectivity index (χ3v) is 4.98. The average Bonchev–Trinajstić information content (AvgIpc) is 2.91. The Morgan fingerprint density at radius 2 is 2.09 bits per heavy atom. The molecule has 0 aliphatic rings. The fraction of sp³-hybridized carbons (Fsp3) is 0.467. The molecule has 7 heteroatoms. The number of halogens is 1. The number of para-hydroxylation sites is 1. The molecule has 3 N–H and O–H groups in total. The van der Waals surface area contributed by atoms with Gasteiger partial charge in [0, 0.05) is 6.54 Å². The molecule has 1 aromatic carbocycles. The summed E-state index contributed by atoms with van der Waals surface area (Å²) < 4.78 is 6.27. The number of carbonyl (C=O) groups excluding carboxylic acids is 1. The molecule has 0 aliphatic carbocycles. The molecule has 0 saturated carbocycles. The summed E-state index contributed by atoms with van der Waals surface area (Å²) in [4.78, 5) is 17.0. The number of aromatic nitrogens is 1. The maximum atomic E-state index is 12.5. The highest BCUT2D eigenvalue weighted by Gasteiger charge is 2.33. The lowest BCUT2D eigenvalue weighted by atomic mass is 9.81. The van der Waals surface area contributed by atoms with Gasteiger partial charge < -0.3 is 15.8 Å². The Kier molecular flexibility index (Phi) is 6.59. The molecule has 1 amide bonds. The highest BCUT2D eigenvalue weighted by molar-refractivity contribution is 7.22. The molecular weight excluding hydrogens is 322 g/mol. The second-order valence-corrected chi connectivity index (χ2v) is 6.00. The van der Waals surface area contributed by atoms with Gasteiger partial charge in [0.15, 0.2) is 5.13 Å². The zero-order valence-corrected chi connectivity index (χ0v) is 14.6. The topological polar surface area (TPSA) is 77.2 Å². The van der Waals surface area contributed by atoms with Crippen LogP contribution < -0.4 is 15.8 Å². The van der Waals surface area contributed by atoms with E-state index < -0.39 is 5.41 Å². The normalized spacial score (nSPS) is 11.1. The quantitative estimate of drug-likeness (QED) is 0.842. The largest absolute Gasteiger partial charge is 0.494 e. The Hall–Kier alpha value is -1.37. The summed E-state index contributed by atoms with van der Waals surface area (Å²) in [6, 6.07) is 5.73. The minimum atomic E-state index is -0.526. The van der Waals surface area contributed by atoms with Gasteiger partial charge in [-0.05, 0) is 25.0 Å². The molecule has 122 valence electrons. The van der Waals surface area contributed by atoms with Crippen molar-refractivity contribution in [2.45, 2.75) is 26.7 Å². The van der Waals surface area contributed by atoms with Crippen molar-refractivity contribution in [2.24, 2.45) is 11.1 Å². The molecule has 0 spiro atoms. The fourth-order valence-electron chi connectivity index (χ4n) is 2.32. The van der Waals surface area contributed by atoms with E-state index in [1.807, 2.05) is 32.0 Å². The van der Waals surface area contributed by atoms with Gasteiger partial charge in [-0.15, -0.1) is 12.4 Å². The molecule has 0 unspecified atom stereocenters. The predicted molar refractivity (Wildman–Crippen MR) is 94.1 cm³/mol. The number of nitrogens with two attached hydrogens (primary N) is 1. The highest BCUT2D eigenvalue weighted by Crippen LogP contribution is 2.33. The summed E-state index contributed by atoms with van der Waals surface area (Å²) >= 11 is 1.44. The summed E-state index contributed by atoms with van der Waals surface area (Å²) in [6.07, 6.45) is 1.42. The number of methoxy groups -OCH3 is 1. The van der Waals surface area contributed by atoms with Gasteiger partial charge in [-0.25, -0.2) is 4.98 Å². The molecule has 0 aliphatic heterocycles. The van der Waals surface area contributed by atoms with Crippen LogP contribution in [0.3, 0.4) is 0 Å². The molecule has 2 aromatic rings. The van der Waals surface area contributed by atoms with Crippen LogP contribution in [-0.2, 0) is 4.79 Å². The van der Waals surface area contributed by atoms with Crippen molar-refractivity contribution in [3.63, 3.8) is 0 Å². The average molecular weight is 344 g/mol. The maximum Gasteiger partial charge on any atom is 0.233 e. The van der Waals surface area contributed by atoms with Crippen LogP contribution >= 0.6 is 23.7 Å². The van der Waals surface area contributed by atoms with E-state index in [-0.39, 0.29) is 18.3 Å². The molecule has 0 radical (unpaired) electrons. The van der Waals surface area contributed by atoms with E-state index in [0.717, 1.165) is 10.2 Å².